The van der Waals surface area contributed by atoms with Crippen molar-refractivity contribution >= 4 is 0 Å². The summed E-state index contributed by atoms with van der Waals surface area (Å²) in [4.78, 5) is 2.36. The molecule has 0 spiro atoms. The molecule has 4 atom stereocenters. The van der Waals surface area contributed by atoms with Crippen molar-refractivity contribution in [3.8, 4) is 0 Å². The number of fused-ring (bicyclic) bond motifs is 2. The van der Waals surface area contributed by atoms with Crippen LogP contribution in [0.15, 0.2) is 0 Å². The normalized spacial score (nSPS) is 45.4. The van der Waals surface area contributed by atoms with Crippen LogP contribution in [-0.2, 0) is 0 Å². The third kappa shape index (κ3) is 2.01. The van der Waals surface area contributed by atoms with Crippen LogP contribution in [0.3, 0.4) is 0 Å². The molecule has 1 aliphatic heterocycles. The smallest absolute Gasteiger partial charge is 0.0621 e. The second-order valence-corrected chi connectivity index (χ2v) is 5.92. The van der Waals surface area contributed by atoms with Crippen LogP contribution < -0.4 is 0 Å². The molecular weight excluding hydrogens is 202 g/mol. The van der Waals surface area contributed by atoms with Crippen LogP contribution in [0.2, 0.25) is 0 Å². The second kappa shape index (κ2) is 4.63. The fraction of sp³-hybridized carbons (Fsp3) is 1.00. The molecule has 0 aromatic heterocycles. The van der Waals surface area contributed by atoms with Crippen molar-refractivity contribution in [2.75, 3.05) is 26.7 Å². The molecular formula is C13H25NO2. The van der Waals surface area contributed by atoms with E-state index in [-0.39, 0.29) is 18.1 Å². The van der Waals surface area contributed by atoms with Gasteiger partial charge in [0, 0.05) is 12.0 Å². The van der Waals surface area contributed by atoms with Gasteiger partial charge in [-0.05, 0) is 44.7 Å². The van der Waals surface area contributed by atoms with Gasteiger partial charge < -0.3 is 15.1 Å². The molecule has 2 bridgehead atoms. The standard InChI is InChI=1S/C13H25NO2/c1-3-10-6-12(16)13(9-15)4-5-14(2)8-11(10)7-13/h10-12,15-16H,3-9H2,1-2H3/t10?,11?,12-,13?/m0/s1. The van der Waals surface area contributed by atoms with Crippen molar-refractivity contribution in [2.45, 2.75) is 38.7 Å². The molecule has 1 saturated carbocycles. The Balaban J connectivity index is 2.21. The van der Waals surface area contributed by atoms with Gasteiger partial charge in [-0.1, -0.05) is 13.3 Å². The molecule has 3 nitrogen and oxygen atoms in total. The van der Waals surface area contributed by atoms with Gasteiger partial charge in [0.1, 0.15) is 0 Å². The average molecular weight is 227 g/mol. The molecule has 3 unspecified atom stereocenters. The first-order valence-electron chi connectivity index (χ1n) is 6.59. The van der Waals surface area contributed by atoms with E-state index < -0.39 is 0 Å². The fourth-order valence-corrected chi connectivity index (χ4v) is 3.69. The first kappa shape index (κ1) is 12.3. The van der Waals surface area contributed by atoms with E-state index >= 15 is 0 Å². The van der Waals surface area contributed by atoms with Gasteiger partial charge in [-0.3, -0.25) is 0 Å². The topological polar surface area (TPSA) is 43.7 Å². The molecule has 3 heteroatoms. The molecule has 94 valence electrons. The van der Waals surface area contributed by atoms with E-state index in [4.69, 9.17) is 0 Å². The highest BCUT2D eigenvalue weighted by atomic mass is 16.3. The van der Waals surface area contributed by atoms with E-state index in [0.29, 0.717) is 11.8 Å². The van der Waals surface area contributed by atoms with E-state index in [1.807, 2.05) is 0 Å². The van der Waals surface area contributed by atoms with Crippen molar-refractivity contribution in [2.24, 2.45) is 17.3 Å². The lowest BCUT2D eigenvalue weighted by atomic mass is 9.62. The number of aliphatic hydroxyl groups is 2. The summed E-state index contributed by atoms with van der Waals surface area (Å²) in [6.45, 7) is 4.50. The van der Waals surface area contributed by atoms with Crippen molar-refractivity contribution < 1.29 is 10.2 Å². The summed E-state index contributed by atoms with van der Waals surface area (Å²) >= 11 is 0. The number of rotatable bonds is 2. The van der Waals surface area contributed by atoms with Crippen LogP contribution in [0.25, 0.3) is 0 Å². The summed E-state index contributed by atoms with van der Waals surface area (Å²) in [7, 11) is 2.16. The lowest BCUT2D eigenvalue weighted by Gasteiger charge is -2.45. The zero-order chi connectivity index (χ0) is 11.8. The monoisotopic (exact) mass is 227 g/mol. The van der Waals surface area contributed by atoms with Gasteiger partial charge in [0.05, 0.1) is 12.7 Å². The van der Waals surface area contributed by atoms with Crippen molar-refractivity contribution in [3.05, 3.63) is 0 Å². The van der Waals surface area contributed by atoms with E-state index in [2.05, 4.69) is 18.9 Å². The molecule has 2 rings (SSSR count). The van der Waals surface area contributed by atoms with Crippen LogP contribution in [0.1, 0.15) is 32.6 Å². The van der Waals surface area contributed by atoms with Crippen molar-refractivity contribution in [1.29, 1.82) is 0 Å². The second-order valence-electron chi connectivity index (χ2n) is 5.92. The van der Waals surface area contributed by atoms with Crippen molar-refractivity contribution in [1.82, 2.24) is 4.90 Å². The van der Waals surface area contributed by atoms with E-state index in [0.717, 1.165) is 38.8 Å². The van der Waals surface area contributed by atoms with Gasteiger partial charge in [0.25, 0.3) is 0 Å². The molecule has 0 amide bonds. The van der Waals surface area contributed by atoms with Crippen LogP contribution in [-0.4, -0.2) is 48.0 Å². The predicted molar refractivity (Wildman–Crippen MR) is 64.1 cm³/mol. The number of hydrogen-bond donors (Lipinski definition) is 2. The Bertz CT molecular complexity index is 246. The Labute approximate surface area is 98.5 Å². The molecule has 2 fully saturated rings. The fourth-order valence-electron chi connectivity index (χ4n) is 3.69. The highest BCUT2D eigenvalue weighted by molar-refractivity contribution is 4.98. The minimum Gasteiger partial charge on any atom is -0.396 e. The van der Waals surface area contributed by atoms with Crippen LogP contribution in [0.4, 0.5) is 0 Å². The number of hydrogen-bond acceptors (Lipinski definition) is 3. The Morgan fingerprint density at radius 1 is 1.44 bits per heavy atom. The summed E-state index contributed by atoms with van der Waals surface area (Å²) in [5.74, 6) is 1.29. The summed E-state index contributed by atoms with van der Waals surface area (Å²) in [5.41, 5.74) is -0.207. The van der Waals surface area contributed by atoms with Gasteiger partial charge in [-0.25, -0.2) is 0 Å². The Hall–Kier alpha value is -0.120. The molecule has 1 heterocycles. The van der Waals surface area contributed by atoms with Gasteiger partial charge in [-0.15, -0.1) is 0 Å². The molecule has 0 aromatic rings. The third-order valence-corrected chi connectivity index (χ3v) is 4.95. The minimum absolute atomic E-state index is 0.148. The van der Waals surface area contributed by atoms with Crippen LogP contribution in [0, 0.1) is 17.3 Å². The highest BCUT2D eigenvalue weighted by Gasteiger charge is 2.47. The molecule has 2 aliphatic rings. The molecule has 0 radical (unpaired) electrons. The minimum atomic E-state index is -0.301. The average Bonchev–Trinajstić information content (AvgIpc) is 2.43. The SMILES string of the molecule is CCC1C[C@H](O)C2(CO)CCN(C)CC1C2. The maximum atomic E-state index is 10.3. The number of nitrogens with zero attached hydrogens (tertiary/aromatic N) is 1. The van der Waals surface area contributed by atoms with E-state index in [1.165, 1.54) is 0 Å². The predicted octanol–water partition coefficient (Wildman–Crippen LogP) is 1.10. The highest BCUT2D eigenvalue weighted by Crippen LogP contribution is 2.47. The van der Waals surface area contributed by atoms with Gasteiger partial charge in [0.2, 0.25) is 0 Å². The number of aliphatic hydroxyl groups excluding tert-OH is 2. The molecule has 1 saturated heterocycles. The maximum Gasteiger partial charge on any atom is 0.0621 e. The largest absolute Gasteiger partial charge is 0.396 e. The van der Waals surface area contributed by atoms with Crippen LogP contribution in [0.5, 0.6) is 0 Å². The number of likely N-dealkylation sites (tertiary alicyclic amines) is 1. The molecule has 2 N–H and O–H groups in total. The maximum absolute atomic E-state index is 10.3. The lowest BCUT2D eigenvalue weighted by molar-refractivity contribution is -0.0808. The Morgan fingerprint density at radius 2 is 2.19 bits per heavy atom. The summed E-state index contributed by atoms with van der Waals surface area (Å²) in [5, 5.41) is 20.0. The van der Waals surface area contributed by atoms with Crippen LogP contribution >= 0.6 is 0 Å². The molecule has 16 heavy (non-hydrogen) atoms. The first-order valence-corrected chi connectivity index (χ1v) is 6.59. The van der Waals surface area contributed by atoms with Crippen molar-refractivity contribution in [3.63, 3.8) is 0 Å². The van der Waals surface area contributed by atoms with E-state index in [9.17, 15) is 10.2 Å². The van der Waals surface area contributed by atoms with Gasteiger partial charge in [-0.2, -0.15) is 0 Å². The molecule has 1 aliphatic carbocycles. The third-order valence-electron chi connectivity index (χ3n) is 4.95. The zero-order valence-corrected chi connectivity index (χ0v) is 10.5. The Kier molecular flexibility index (Phi) is 3.57. The van der Waals surface area contributed by atoms with E-state index in [1.54, 1.807) is 0 Å². The summed E-state index contributed by atoms with van der Waals surface area (Å²) < 4.78 is 0. The quantitative estimate of drug-likeness (QED) is 0.742. The van der Waals surface area contributed by atoms with Gasteiger partial charge >= 0.3 is 0 Å². The molecule has 0 aromatic carbocycles. The van der Waals surface area contributed by atoms with Gasteiger partial charge in [0.15, 0.2) is 0 Å². The summed E-state index contributed by atoms with van der Waals surface area (Å²) in [6, 6.07) is 0. The Morgan fingerprint density at radius 3 is 2.81 bits per heavy atom. The first-order chi connectivity index (χ1) is 7.61. The summed E-state index contributed by atoms with van der Waals surface area (Å²) in [6.07, 6.45) is 3.68. The lowest BCUT2D eigenvalue weighted by Crippen LogP contribution is -2.47. The zero-order valence-electron chi connectivity index (χ0n) is 10.5.